The van der Waals surface area contributed by atoms with Gasteiger partial charge in [-0.3, -0.25) is 4.79 Å². The molecule has 0 atom stereocenters. The molecular formula is C19H20N2O3. The summed E-state index contributed by atoms with van der Waals surface area (Å²) in [5, 5.41) is 0.958. The molecule has 5 heteroatoms. The molecule has 5 nitrogen and oxygen atoms in total. The number of amides is 1. The fourth-order valence-electron chi connectivity index (χ4n) is 3.13. The van der Waals surface area contributed by atoms with Crippen molar-refractivity contribution in [2.45, 2.75) is 39.7 Å². The molecule has 1 aliphatic rings. The SMILES string of the molecule is Cc1cc2cc(C(=O)N3CCc4oc(C(C)C)nc4C3)ccc2o1. The number of hydrogen-bond donors (Lipinski definition) is 0. The number of carbonyl (C=O) groups is 1. The average molecular weight is 324 g/mol. The van der Waals surface area contributed by atoms with Crippen LogP contribution in [0.1, 0.15) is 53.2 Å². The molecule has 1 amide bonds. The van der Waals surface area contributed by atoms with Crippen molar-refractivity contribution in [3.05, 3.63) is 52.9 Å². The minimum Gasteiger partial charge on any atom is -0.461 e. The van der Waals surface area contributed by atoms with Crippen molar-refractivity contribution < 1.29 is 13.6 Å². The zero-order chi connectivity index (χ0) is 16.8. The van der Waals surface area contributed by atoms with E-state index in [-0.39, 0.29) is 11.8 Å². The van der Waals surface area contributed by atoms with Gasteiger partial charge in [0.25, 0.3) is 5.91 Å². The van der Waals surface area contributed by atoms with Gasteiger partial charge in [0.15, 0.2) is 5.89 Å². The summed E-state index contributed by atoms with van der Waals surface area (Å²) in [7, 11) is 0. The van der Waals surface area contributed by atoms with Gasteiger partial charge in [-0.05, 0) is 31.2 Å². The highest BCUT2D eigenvalue weighted by molar-refractivity contribution is 5.97. The van der Waals surface area contributed by atoms with Crippen LogP contribution in [-0.4, -0.2) is 22.3 Å². The molecule has 3 heterocycles. The average Bonchev–Trinajstić information content (AvgIpc) is 3.14. The van der Waals surface area contributed by atoms with Gasteiger partial charge < -0.3 is 13.7 Å². The fourth-order valence-corrected chi connectivity index (χ4v) is 3.13. The van der Waals surface area contributed by atoms with Gasteiger partial charge in [-0.15, -0.1) is 0 Å². The van der Waals surface area contributed by atoms with Gasteiger partial charge in [0, 0.05) is 29.8 Å². The number of furan rings is 1. The number of rotatable bonds is 2. The summed E-state index contributed by atoms with van der Waals surface area (Å²) < 4.78 is 11.4. The topological polar surface area (TPSA) is 59.5 Å². The summed E-state index contributed by atoms with van der Waals surface area (Å²) in [5.41, 5.74) is 2.38. The number of carbonyl (C=O) groups excluding carboxylic acids is 1. The Hall–Kier alpha value is -2.56. The predicted octanol–water partition coefficient (Wildman–Crippen LogP) is 4.05. The molecule has 4 rings (SSSR count). The Bertz CT molecular complexity index is 920. The molecule has 0 spiro atoms. The van der Waals surface area contributed by atoms with E-state index in [1.807, 2.05) is 36.1 Å². The lowest BCUT2D eigenvalue weighted by molar-refractivity contribution is 0.0728. The van der Waals surface area contributed by atoms with Crippen molar-refractivity contribution >= 4 is 16.9 Å². The quantitative estimate of drug-likeness (QED) is 0.713. The molecule has 0 aliphatic carbocycles. The lowest BCUT2D eigenvalue weighted by Gasteiger charge is -2.25. The van der Waals surface area contributed by atoms with Crippen LogP contribution in [0.5, 0.6) is 0 Å². The lowest BCUT2D eigenvalue weighted by atomic mass is 10.1. The van der Waals surface area contributed by atoms with Gasteiger partial charge in [-0.25, -0.2) is 4.98 Å². The number of oxazole rings is 1. The molecule has 0 fully saturated rings. The first-order valence-corrected chi connectivity index (χ1v) is 8.29. The maximum absolute atomic E-state index is 12.8. The third kappa shape index (κ3) is 2.50. The van der Waals surface area contributed by atoms with E-state index in [1.165, 1.54) is 0 Å². The van der Waals surface area contributed by atoms with Crippen molar-refractivity contribution in [1.29, 1.82) is 0 Å². The Kier molecular flexibility index (Phi) is 3.44. The van der Waals surface area contributed by atoms with Gasteiger partial charge >= 0.3 is 0 Å². The number of hydrogen-bond acceptors (Lipinski definition) is 4. The first-order valence-electron chi connectivity index (χ1n) is 8.29. The zero-order valence-corrected chi connectivity index (χ0v) is 14.1. The van der Waals surface area contributed by atoms with E-state index in [0.717, 1.165) is 34.1 Å². The number of nitrogens with zero attached hydrogens (tertiary/aromatic N) is 2. The molecule has 1 aliphatic heterocycles. The molecule has 0 radical (unpaired) electrons. The second-order valence-corrected chi connectivity index (χ2v) is 6.66. The number of aromatic nitrogens is 1. The Balaban J connectivity index is 1.59. The summed E-state index contributed by atoms with van der Waals surface area (Å²) in [6.45, 7) is 7.18. The molecule has 0 N–H and O–H groups in total. The van der Waals surface area contributed by atoms with Gasteiger partial charge in [-0.1, -0.05) is 13.8 Å². The highest BCUT2D eigenvalue weighted by Gasteiger charge is 2.26. The standard InChI is InChI=1S/C19H20N2O3/c1-11(2)18-20-15-10-21(7-6-17(15)24-18)19(22)13-4-5-16-14(9-13)8-12(3)23-16/h4-5,8-9,11H,6-7,10H2,1-3H3. The maximum atomic E-state index is 12.8. The molecule has 2 aromatic heterocycles. The largest absolute Gasteiger partial charge is 0.461 e. The number of aryl methyl sites for hydroxylation is 1. The van der Waals surface area contributed by atoms with Gasteiger partial charge in [0.2, 0.25) is 0 Å². The van der Waals surface area contributed by atoms with Crippen molar-refractivity contribution in [1.82, 2.24) is 9.88 Å². The summed E-state index contributed by atoms with van der Waals surface area (Å²) in [6, 6.07) is 7.53. The van der Waals surface area contributed by atoms with E-state index in [0.29, 0.717) is 25.1 Å². The zero-order valence-electron chi connectivity index (χ0n) is 14.1. The number of fused-ring (bicyclic) bond motifs is 2. The van der Waals surface area contributed by atoms with Crippen molar-refractivity contribution in [3.8, 4) is 0 Å². The van der Waals surface area contributed by atoms with E-state index in [4.69, 9.17) is 8.83 Å². The van der Waals surface area contributed by atoms with E-state index < -0.39 is 0 Å². The van der Waals surface area contributed by atoms with Crippen LogP contribution in [-0.2, 0) is 13.0 Å². The van der Waals surface area contributed by atoms with Crippen LogP contribution in [0.25, 0.3) is 11.0 Å². The molecular weight excluding hydrogens is 304 g/mol. The highest BCUT2D eigenvalue weighted by atomic mass is 16.4. The Morgan fingerprint density at radius 2 is 2.08 bits per heavy atom. The Morgan fingerprint density at radius 1 is 1.25 bits per heavy atom. The third-order valence-corrected chi connectivity index (χ3v) is 4.41. The van der Waals surface area contributed by atoms with Crippen molar-refractivity contribution in [3.63, 3.8) is 0 Å². The minimum atomic E-state index is 0.0236. The lowest BCUT2D eigenvalue weighted by Crippen LogP contribution is -2.35. The van der Waals surface area contributed by atoms with Crippen LogP contribution in [0.2, 0.25) is 0 Å². The van der Waals surface area contributed by atoms with Gasteiger partial charge in [0.1, 0.15) is 22.8 Å². The highest BCUT2D eigenvalue weighted by Crippen LogP contribution is 2.26. The third-order valence-electron chi connectivity index (χ3n) is 4.41. The van der Waals surface area contributed by atoms with Crippen LogP contribution in [0.15, 0.2) is 33.1 Å². The number of benzene rings is 1. The first-order chi connectivity index (χ1) is 11.5. The van der Waals surface area contributed by atoms with Gasteiger partial charge in [0.05, 0.1) is 6.54 Å². The molecule has 0 saturated carbocycles. The fraction of sp³-hybridized carbons (Fsp3) is 0.368. The Labute approximate surface area is 140 Å². The molecule has 0 bridgehead atoms. The molecule has 124 valence electrons. The smallest absolute Gasteiger partial charge is 0.254 e. The van der Waals surface area contributed by atoms with Crippen LogP contribution in [0, 0.1) is 6.92 Å². The summed E-state index contributed by atoms with van der Waals surface area (Å²) in [6.07, 6.45) is 0.716. The normalized spacial score (nSPS) is 14.4. The van der Waals surface area contributed by atoms with Crippen molar-refractivity contribution in [2.75, 3.05) is 6.54 Å². The molecule has 24 heavy (non-hydrogen) atoms. The van der Waals surface area contributed by atoms with Crippen LogP contribution in [0.3, 0.4) is 0 Å². The summed E-state index contributed by atoms with van der Waals surface area (Å²) >= 11 is 0. The minimum absolute atomic E-state index is 0.0236. The predicted molar refractivity (Wildman–Crippen MR) is 90.0 cm³/mol. The maximum Gasteiger partial charge on any atom is 0.254 e. The molecule has 0 unspecified atom stereocenters. The summed E-state index contributed by atoms with van der Waals surface area (Å²) in [5.74, 6) is 2.80. The van der Waals surface area contributed by atoms with E-state index in [1.54, 1.807) is 0 Å². The van der Waals surface area contributed by atoms with Crippen LogP contribution >= 0.6 is 0 Å². The summed E-state index contributed by atoms with van der Waals surface area (Å²) in [4.78, 5) is 19.2. The second-order valence-electron chi connectivity index (χ2n) is 6.66. The van der Waals surface area contributed by atoms with E-state index in [9.17, 15) is 4.79 Å². The second kappa shape index (κ2) is 5.51. The molecule has 0 saturated heterocycles. The van der Waals surface area contributed by atoms with E-state index >= 15 is 0 Å². The Morgan fingerprint density at radius 3 is 2.88 bits per heavy atom. The van der Waals surface area contributed by atoms with Crippen LogP contribution in [0.4, 0.5) is 0 Å². The van der Waals surface area contributed by atoms with Crippen molar-refractivity contribution in [2.24, 2.45) is 0 Å². The van der Waals surface area contributed by atoms with Gasteiger partial charge in [-0.2, -0.15) is 0 Å². The van der Waals surface area contributed by atoms with E-state index in [2.05, 4.69) is 18.8 Å². The first kappa shape index (κ1) is 15.0. The molecule has 1 aromatic carbocycles. The van der Waals surface area contributed by atoms with Crippen LogP contribution < -0.4 is 0 Å². The monoisotopic (exact) mass is 324 g/mol. The molecule has 3 aromatic rings.